The van der Waals surface area contributed by atoms with Crippen LogP contribution in [0.1, 0.15) is 32.4 Å². The number of carbonyl (C=O) groups excluding carboxylic acids is 2. The summed E-state index contributed by atoms with van der Waals surface area (Å²) in [6.07, 6.45) is 0. The molecular formula is C17H20F2N2O4. The normalized spacial score (nSPS) is 17.6. The number of amides is 2. The Hall–Kier alpha value is -2.64. The zero-order valence-corrected chi connectivity index (χ0v) is 14.2. The molecule has 1 heterocycles. The van der Waals surface area contributed by atoms with E-state index in [1.165, 1.54) is 29.2 Å². The van der Waals surface area contributed by atoms with E-state index in [9.17, 15) is 18.4 Å². The van der Waals surface area contributed by atoms with E-state index in [-0.39, 0.29) is 18.4 Å². The molecule has 0 aromatic heterocycles. The molecule has 1 aromatic carbocycles. The molecule has 0 spiro atoms. The Kier molecular flexibility index (Phi) is 5.95. The van der Waals surface area contributed by atoms with Crippen LogP contribution in [0.2, 0.25) is 0 Å². The van der Waals surface area contributed by atoms with Gasteiger partial charge in [0.05, 0.1) is 18.2 Å². The molecule has 8 heteroatoms. The van der Waals surface area contributed by atoms with Gasteiger partial charge in [0.25, 0.3) is 0 Å². The largest absolute Gasteiger partial charge is 0.463 e. The summed E-state index contributed by atoms with van der Waals surface area (Å²) in [5.74, 6) is -0.536. The predicted molar refractivity (Wildman–Crippen MR) is 86.1 cm³/mol. The highest BCUT2D eigenvalue weighted by Gasteiger charge is 2.35. The van der Waals surface area contributed by atoms with Gasteiger partial charge in [-0.1, -0.05) is 12.1 Å². The van der Waals surface area contributed by atoms with Crippen molar-refractivity contribution in [3.63, 3.8) is 0 Å². The van der Waals surface area contributed by atoms with E-state index < -0.39 is 18.6 Å². The van der Waals surface area contributed by atoms with Crippen LogP contribution in [-0.2, 0) is 9.53 Å². The molecule has 0 bridgehead atoms. The zero-order chi connectivity index (χ0) is 18.6. The average molecular weight is 354 g/mol. The number of hydrogen-bond donors (Lipinski definition) is 1. The van der Waals surface area contributed by atoms with Crippen LogP contribution in [0.3, 0.4) is 0 Å². The maximum atomic E-state index is 12.4. The number of urea groups is 1. The number of rotatable bonds is 6. The molecule has 1 unspecified atom stereocenters. The number of benzene rings is 1. The molecule has 25 heavy (non-hydrogen) atoms. The molecule has 1 aliphatic rings. The van der Waals surface area contributed by atoms with Crippen LogP contribution in [0.4, 0.5) is 13.6 Å². The van der Waals surface area contributed by atoms with Crippen LogP contribution in [0.15, 0.2) is 35.5 Å². The number of carbonyl (C=O) groups is 2. The quantitative estimate of drug-likeness (QED) is 0.797. The molecule has 2 amide bonds. The lowest BCUT2D eigenvalue weighted by atomic mass is 9.95. The van der Waals surface area contributed by atoms with Crippen LogP contribution >= 0.6 is 0 Å². The lowest BCUT2D eigenvalue weighted by molar-refractivity contribution is -0.139. The van der Waals surface area contributed by atoms with Crippen molar-refractivity contribution in [3.05, 3.63) is 41.1 Å². The van der Waals surface area contributed by atoms with Crippen molar-refractivity contribution in [1.29, 1.82) is 0 Å². The van der Waals surface area contributed by atoms with Crippen molar-refractivity contribution in [3.8, 4) is 5.75 Å². The third-order valence-corrected chi connectivity index (χ3v) is 3.85. The summed E-state index contributed by atoms with van der Waals surface area (Å²) in [4.78, 5) is 26.1. The Morgan fingerprint density at radius 2 is 1.92 bits per heavy atom. The minimum Gasteiger partial charge on any atom is -0.463 e. The number of ether oxygens (including phenoxy) is 2. The van der Waals surface area contributed by atoms with Gasteiger partial charge in [-0.2, -0.15) is 8.78 Å². The lowest BCUT2D eigenvalue weighted by Crippen LogP contribution is -2.47. The third kappa shape index (κ3) is 4.07. The Morgan fingerprint density at radius 3 is 2.44 bits per heavy atom. The van der Waals surface area contributed by atoms with E-state index in [1.807, 2.05) is 0 Å². The van der Waals surface area contributed by atoms with Gasteiger partial charge in [0.1, 0.15) is 5.75 Å². The van der Waals surface area contributed by atoms with Crippen LogP contribution in [0, 0.1) is 0 Å². The van der Waals surface area contributed by atoms with E-state index in [4.69, 9.17) is 4.74 Å². The van der Waals surface area contributed by atoms with E-state index in [1.54, 1.807) is 20.8 Å². The SMILES string of the molecule is CCOC(=O)C1=C(C)N(CC)C(=O)NC1c1ccc(OC(F)F)cc1. The molecule has 1 atom stereocenters. The molecule has 1 aliphatic heterocycles. The number of nitrogens with one attached hydrogen (secondary N) is 1. The maximum absolute atomic E-state index is 12.4. The molecule has 1 N–H and O–H groups in total. The van der Waals surface area contributed by atoms with Crippen molar-refractivity contribution in [2.24, 2.45) is 0 Å². The van der Waals surface area contributed by atoms with Gasteiger partial charge in [0, 0.05) is 12.2 Å². The van der Waals surface area contributed by atoms with Gasteiger partial charge in [-0.3, -0.25) is 4.90 Å². The molecule has 6 nitrogen and oxygen atoms in total. The van der Waals surface area contributed by atoms with Crippen LogP contribution in [0.5, 0.6) is 5.75 Å². The molecule has 0 saturated carbocycles. The molecule has 0 radical (unpaired) electrons. The molecule has 2 rings (SSSR count). The first-order valence-corrected chi connectivity index (χ1v) is 7.89. The van der Waals surface area contributed by atoms with Crippen LogP contribution < -0.4 is 10.1 Å². The number of nitrogens with zero attached hydrogens (tertiary/aromatic N) is 1. The van der Waals surface area contributed by atoms with Gasteiger partial charge in [-0.05, 0) is 38.5 Å². The van der Waals surface area contributed by atoms with E-state index in [0.717, 1.165) is 0 Å². The zero-order valence-electron chi connectivity index (χ0n) is 14.2. The second-order valence-electron chi connectivity index (χ2n) is 5.29. The van der Waals surface area contributed by atoms with Gasteiger partial charge in [-0.25, -0.2) is 9.59 Å². The van der Waals surface area contributed by atoms with Gasteiger partial charge in [0.15, 0.2) is 0 Å². The Labute approximate surface area is 144 Å². The summed E-state index contributed by atoms with van der Waals surface area (Å²) in [7, 11) is 0. The molecular weight excluding hydrogens is 334 g/mol. The van der Waals surface area contributed by atoms with Gasteiger partial charge in [0.2, 0.25) is 0 Å². The summed E-state index contributed by atoms with van der Waals surface area (Å²) >= 11 is 0. The first-order chi connectivity index (χ1) is 11.9. The summed E-state index contributed by atoms with van der Waals surface area (Å²) in [6.45, 7) is 2.84. The summed E-state index contributed by atoms with van der Waals surface area (Å²) in [5, 5.41) is 2.75. The number of allylic oxidation sites excluding steroid dienone is 1. The van der Waals surface area contributed by atoms with Crippen molar-refractivity contribution in [2.75, 3.05) is 13.2 Å². The average Bonchev–Trinajstić information content (AvgIpc) is 2.55. The Bertz CT molecular complexity index is 674. The Morgan fingerprint density at radius 1 is 1.28 bits per heavy atom. The highest BCUT2D eigenvalue weighted by atomic mass is 19.3. The molecule has 0 saturated heterocycles. The Balaban J connectivity index is 2.41. The van der Waals surface area contributed by atoms with Crippen molar-refractivity contribution < 1.29 is 27.8 Å². The van der Waals surface area contributed by atoms with Crippen LogP contribution in [0.25, 0.3) is 0 Å². The van der Waals surface area contributed by atoms with Gasteiger partial charge in [-0.15, -0.1) is 0 Å². The van der Waals surface area contributed by atoms with Gasteiger partial charge < -0.3 is 14.8 Å². The molecule has 0 aliphatic carbocycles. The van der Waals surface area contributed by atoms with Gasteiger partial charge >= 0.3 is 18.6 Å². The van der Waals surface area contributed by atoms with E-state index >= 15 is 0 Å². The predicted octanol–water partition coefficient (Wildman–Crippen LogP) is 3.21. The summed E-state index contributed by atoms with van der Waals surface area (Å²) in [6, 6.07) is 4.70. The number of esters is 1. The minimum absolute atomic E-state index is 0.00513. The van der Waals surface area contributed by atoms with Crippen molar-refractivity contribution in [2.45, 2.75) is 33.4 Å². The topological polar surface area (TPSA) is 67.9 Å². The second-order valence-corrected chi connectivity index (χ2v) is 5.29. The van der Waals surface area contributed by atoms with Crippen LogP contribution in [-0.4, -0.2) is 36.7 Å². The molecule has 136 valence electrons. The minimum atomic E-state index is -2.92. The standard InChI is InChI=1S/C17H20F2N2O4/c1-4-21-10(3)13(15(22)24-5-2)14(20-17(21)23)11-6-8-12(9-7-11)25-16(18)19/h6-9,14,16H,4-5H2,1-3H3,(H,20,23). The molecule has 0 fully saturated rings. The second kappa shape index (κ2) is 7.96. The summed E-state index contributed by atoms with van der Waals surface area (Å²) < 4.78 is 33.9. The highest BCUT2D eigenvalue weighted by Crippen LogP contribution is 2.32. The number of alkyl halides is 2. The highest BCUT2D eigenvalue weighted by molar-refractivity contribution is 5.95. The first kappa shape index (κ1) is 18.7. The fourth-order valence-corrected chi connectivity index (χ4v) is 2.73. The fraction of sp³-hybridized carbons (Fsp3) is 0.412. The number of halogens is 2. The van der Waals surface area contributed by atoms with E-state index in [2.05, 4.69) is 10.1 Å². The third-order valence-electron chi connectivity index (χ3n) is 3.85. The lowest BCUT2D eigenvalue weighted by Gasteiger charge is -2.34. The fourth-order valence-electron chi connectivity index (χ4n) is 2.73. The van der Waals surface area contributed by atoms with E-state index in [0.29, 0.717) is 23.4 Å². The monoisotopic (exact) mass is 354 g/mol. The van der Waals surface area contributed by atoms with Crippen molar-refractivity contribution in [1.82, 2.24) is 10.2 Å². The molecule has 1 aromatic rings. The summed E-state index contributed by atoms with van der Waals surface area (Å²) in [5.41, 5.74) is 1.38. The smallest absolute Gasteiger partial charge is 0.387 e. The number of hydrogen-bond acceptors (Lipinski definition) is 4. The van der Waals surface area contributed by atoms with Crippen molar-refractivity contribution >= 4 is 12.0 Å². The first-order valence-electron chi connectivity index (χ1n) is 7.89. The maximum Gasteiger partial charge on any atom is 0.387 e.